The number of benzene rings is 3. The van der Waals surface area contributed by atoms with Crippen LogP contribution in [0.4, 0.5) is 4.79 Å². The van der Waals surface area contributed by atoms with E-state index in [1.54, 1.807) is 10.9 Å². The van der Waals surface area contributed by atoms with E-state index in [1.165, 1.54) is 0 Å². The van der Waals surface area contributed by atoms with Crippen molar-refractivity contribution >= 4 is 29.1 Å². The highest BCUT2D eigenvalue weighted by molar-refractivity contribution is 5.83. The van der Waals surface area contributed by atoms with Crippen molar-refractivity contribution in [1.29, 1.82) is 0 Å². The Hall–Kier alpha value is -4.00. The molecule has 0 aliphatic carbocycles. The van der Waals surface area contributed by atoms with Gasteiger partial charge < -0.3 is 10.1 Å². The second-order valence-electron chi connectivity index (χ2n) is 8.86. The molecule has 0 fully saturated rings. The molecule has 4 rings (SSSR count). The van der Waals surface area contributed by atoms with Crippen LogP contribution in [0.25, 0.3) is 23.0 Å². The second-order valence-corrected chi connectivity index (χ2v) is 8.86. The van der Waals surface area contributed by atoms with Gasteiger partial charge in [0.05, 0.1) is 0 Å². The van der Waals surface area contributed by atoms with Gasteiger partial charge in [0.1, 0.15) is 0 Å². The summed E-state index contributed by atoms with van der Waals surface area (Å²) < 4.78 is 7.38. The molecule has 33 heavy (non-hydrogen) atoms. The molecular weight excluding hydrogens is 414 g/mol. The lowest BCUT2D eigenvalue weighted by Crippen LogP contribution is -2.41. The van der Waals surface area contributed by atoms with Crippen LogP contribution < -0.4 is 5.32 Å². The van der Waals surface area contributed by atoms with Crippen LogP contribution in [0.15, 0.2) is 72.8 Å². The quantitative estimate of drug-likeness (QED) is 0.441. The first-order valence-electron chi connectivity index (χ1n) is 10.8. The summed E-state index contributed by atoms with van der Waals surface area (Å²) in [5.41, 5.74) is 1.60. The molecule has 1 atom stereocenters. The Morgan fingerprint density at radius 1 is 1.03 bits per heavy atom. The van der Waals surface area contributed by atoms with E-state index in [0.717, 1.165) is 21.9 Å². The minimum Gasteiger partial charge on any atom is -0.438 e. The lowest BCUT2D eigenvalue weighted by Gasteiger charge is -2.23. The Balaban J connectivity index is 1.63. The topological polar surface area (TPSA) is 81.9 Å². The number of ether oxygens (including phenoxy) is 1. The molecule has 1 amide bonds. The van der Waals surface area contributed by atoms with Gasteiger partial charge in [-0.1, -0.05) is 72.8 Å². The van der Waals surface area contributed by atoms with Crippen LogP contribution >= 0.6 is 0 Å². The third-order valence-electron chi connectivity index (χ3n) is 4.98. The highest BCUT2D eigenvalue weighted by Gasteiger charge is 2.25. The Morgan fingerprint density at radius 2 is 1.76 bits per heavy atom. The van der Waals surface area contributed by atoms with Gasteiger partial charge in [-0.3, -0.25) is 0 Å². The van der Waals surface area contributed by atoms with Gasteiger partial charge in [0.25, 0.3) is 0 Å². The van der Waals surface area contributed by atoms with E-state index in [9.17, 15) is 4.79 Å². The van der Waals surface area contributed by atoms with E-state index >= 15 is 0 Å². The monoisotopic (exact) mass is 441 g/mol. The SMILES string of the molecule is CC(C)(C)NC(=O)O[C@H](Cc1ccc2ccccc2c1)c1nnnn1C=Cc1ccccc1. The van der Waals surface area contributed by atoms with Crippen molar-refractivity contribution < 1.29 is 9.53 Å². The number of carbonyl (C=O) groups is 1. The molecule has 0 radical (unpaired) electrons. The number of nitrogens with one attached hydrogen (secondary N) is 1. The summed E-state index contributed by atoms with van der Waals surface area (Å²) in [6.45, 7) is 5.71. The highest BCUT2D eigenvalue weighted by atomic mass is 16.6. The van der Waals surface area contributed by atoms with Gasteiger partial charge in [0, 0.05) is 18.2 Å². The van der Waals surface area contributed by atoms with Crippen molar-refractivity contribution in [2.75, 3.05) is 0 Å². The number of aromatic nitrogens is 4. The number of hydrogen-bond donors (Lipinski definition) is 1. The van der Waals surface area contributed by atoms with Gasteiger partial charge in [-0.05, 0) is 59.2 Å². The maximum atomic E-state index is 12.6. The summed E-state index contributed by atoms with van der Waals surface area (Å²) in [5, 5.41) is 17.2. The standard InChI is InChI=1S/C26H27N5O2/c1-26(2,3)27-25(32)33-23(18-20-13-14-21-11-7-8-12-22(21)17-20)24-28-29-30-31(24)16-15-19-9-5-4-6-10-19/h4-17,23H,18H2,1-3H3,(H,27,32)/t23-/m1/s1. The fourth-order valence-electron chi connectivity index (χ4n) is 3.47. The van der Waals surface area contributed by atoms with Crippen LogP contribution in [0, 0.1) is 0 Å². The van der Waals surface area contributed by atoms with E-state index in [4.69, 9.17) is 4.74 Å². The van der Waals surface area contributed by atoms with Crippen molar-refractivity contribution in [3.8, 4) is 0 Å². The van der Waals surface area contributed by atoms with Gasteiger partial charge in [-0.15, -0.1) is 5.10 Å². The number of hydrogen-bond acceptors (Lipinski definition) is 5. The van der Waals surface area contributed by atoms with Crippen molar-refractivity contribution in [3.63, 3.8) is 0 Å². The number of tetrazole rings is 1. The summed E-state index contributed by atoms with van der Waals surface area (Å²) in [6.07, 6.45) is 2.91. The molecular formula is C26H27N5O2. The molecule has 0 unspecified atom stereocenters. The molecule has 0 spiro atoms. The Morgan fingerprint density at radius 3 is 2.52 bits per heavy atom. The Bertz CT molecular complexity index is 1260. The fourth-order valence-corrected chi connectivity index (χ4v) is 3.47. The third-order valence-corrected chi connectivity index (χ3v) is 4.98. The number of alkyl carbamates (subject to hydrolysis) is 1. The zero-order valence-electron chi connectivity index (χ0n) is 19.0. The third kappa shape index (κ3) is 6.04. The molecule has 4 aromatic rings. The predicted molar refractivity (Wildman–Crippen MR) is 129 cm³/mol. The second kappa shape index (κ2) is 9.65. The molecule has 7 nitrogen and oxygen atoms in total. The lowest BCUT2D eigenvalue weighted by atomic mass is 10.0. The molecule has 0 aliphatic rings. The molecule has 0 saturated carbocycles. The average Bonchev–Trinajstić information content (AvgIpc) is 3.25. The van der Waals surface area contributed by atoms with Gasteiger partial charge in [0.2, 0.25) is 0 Å². The van der Waals surface area contributed by atoms with Gasteiger partial charge in [0.15, 0.2) is 11.9 Å². The smallest absolute Gasteiger partial charge is 0.408 e. The molecule has 0 aliphatic heterocycles. The van der Waals surface area contributed by atoms with Crippen LogP contribution in [0.5, 0.6) is 0 Å². The molecule has 0 saturated heterocycles. The minimum atomic E-state index is -0.677. The number of nitrogens with zero attached hydrogens (tertiary/aromatic N) is 4. The number of fused-ring (bicyclic) bond motifs is 1. The zero-order valence-corrected chi connectivity index (χ0v) is 19.0. The molecule has 1 heterocycles. The van der Waals surface area contributed by atoms with Crippen molar-refractivity contribution in [3.05, 3.63) is 89.7 Å². The van der Waals surface area contributed by atoms with Crippen LogP contribution in [-0.2, 0) is 11.2 Å². The van der Waals surface area contributed by atoms with Crippen LogP contribution in [0.3, 0.4) is 0 Å². The maximum absolute atomic E-state index is 12.6. The van der Waals surface area contributed by atoms with E-state index < -0.39 is 17.7 Å². The summed E-state index contributed by atoms with van der Waals surface area (Å²) in [5.74, 6) is 0.444. The molecule has 7 heteroatoms. The van der Waals surface area contributed by atoms with Crippen molar-refractivity contribution in [1.82, 2.24) is 25.5 Å². The van der Waals surface area contributed by atoms with Crippen LogP contribution in [-0.4, -0.2) is 31.8 Å². The Labute approximate surface area is 193 Å². The lowest BCUT2D eigenvalue weighted by molar-refractivity contribution is 0.0855. The first kappa shape index (κ1) is 22.2. The summed E-state index contributed by atoms with van der Waals surface area (Å²) in [6, 6.07) is 24.2. The molecule has 1 aromatic heterocycles. The molecule has 1 N–H and O–H groups in total. The van der Waals surface area contributed by atoms with Gasteiger partial charge >= 0.3 is 6.09 Å². The summed E-state index contributed by atoms with van der Waals surface area (Å²) in [7, 11) is 0. The summed E-state index contributed by atoms with van der Waals surface area (Å²) >= 11 is 0. The van der Waals surface area contributed by atoms with E-state index in [2.05, 4.69) is 45.1 Å². The van der Waals surface area contributed by atoms with Crippen LogP contribution in [0.1, 0.15) is 43.8 Å². The normalized spacial score (nSPS) is 12.7. The van der Waals surface area contributed by atoms with Gasteiger partial charge in [-0.25, -0.2) is 9.48 Å². The summed E-state index contributed by atoms with van der Waals surface area (Å²) in [4.78, 5) is 12.6. The molecule has 3 aromatic carbocycles. The van der Waals surface area contributed by atoms with Crippen LogP contribution in [0.2, 0.25) is 0 Å². The fraction of sp³-hybridized carbons (Fsp3) is 0.231. The maximum Gasteiger partial charge on any atom is 0.408 e. The van der Waals surface area contributed by atoms with Crippen molar-refractivity contribution in [2.45, 2.75) is 38.8 Å². The number of amides is 1. The predicted octanol–water partition coefficient (Wildman–Crippen LogP) is 5.26. The van der Waals surface area contributed by atoms with E-state index in [-0.39, 0.29) is 0 Å². The van der Waals surface area contributed by atoms with E-state index in [0.29, 0.717) is 12.2 Å². The largest absolute Gasteiger partial charge is 0.438 e. The van der Waals surface area contributed by atoms with E-state index in [1.807, 2.05) is 75.4 Å². The van der Waals surface area contributed by atoms with Crippen molar-refractivity contribution in [2.24, 2.45) is 0 Å². The molecule has 0 bridgehead atoms. The number of rotatable bonds is 6. The van der Waals surface area contributed by atoms with Gasteiger partial charge in [-0.2, -0.15) is 0 Å². The Kier molecular flexibility index (Phi) is 6.49. The first-order chi connectivity index (χ1) is 15.9. The molecule has 168 valence electrons. The zero-order chi connectivity index (χ0) is 23.3. The highest BCUT2D eigenvalue weighted by Crippen LogP contribution is 2.24. The number of carbonyl (C=O) groups excluding carboxylic acids is 1. The average molecular weight is 442 g/mol. The first-order valence-corrected chi connectivity index (χ1v) is 10.8. The minimum absolute atomic E-state index is 0.427.